The first kappa shape index (κ1) is 13.0. The average Bonchev–Trinajstić information content (AvgIpc) is 2.68. The summed E-state index contributed by atoms with van der Waals surface area (Å²) in [5.74, 6) is -0.316. The summed E-state index contributed by atoms with van der Waals surface area (Å²) in [6.45, 7) is 0. The zero-order valence-electron chi connectivity index (χ0n) is 9.45. The van der Waals surface area contributed by atoms with Gasteiger partial charge in [0.25, 0.3) is 0 Å². The summed E-state index contributed by atoms with van der Waals surface area (Å²) in [4.78, 5) is 3.11. The van der Waals surface area contributed by atoms with Gasteiger partial charge in [-0.25, -0.2) is 4.39 Å². The number of rotatable bonds is 1. The van der Waals surface area contributed by atoms with Crippen LogP contribution >= 0.6 is 44.1 Å². The van der Waals surface area contributed by atoms with Crippen molar-refractivity contribution in [2.24, 2.45) is 0 Å². The van der Waals surface area contributed by atoms with E-state index in [4.69, 9.17) is 12.2 Å². The van der Waals surface area contributed by atoms with E-state index in [9.17, 15) is 4.39 Å². The SMILES string of the molecule is Fc1cc(-n2c(=S)[nH]c3ccc(Br)cc32)ccc1Br. The van der Waals surface area contributed by atoms with E-state index in [2.05, 4.69) is 36.8 Å². The van der Waals surface area contributed by atoms with Gasteiger partial charge in [0, 0.05) is 4.47 Å². The Morgan fingerprint density at radius 2 is 1.89 bits per heavy atom. The lowest BCUT2D eigenvalue weighted by Crippen LogP contribution is -1.95. The van der Waals surface area contributed by atoms with Gasteiger partial charge in [0.1, 0.15) is 5.82 Å². The lowest BCUT2D eigenvalue weighted by molar-refractivity contribution is 0.620. The first-order valence-corrected chi connectivity index (χ1v) is 7.41. The molecule has 96 valence electrons. The number of H-pyrrole nitrogens is 1. The molecule has 0 radical (unpaired) electrons. The Hall–Kier alpha value is -0.980. The summed E-state index contributed by atoms with van der Waals surface area (Å²) in [5.41, 5.74) is 2.51. The summed E-state index contributed by atoms with van der Waals surface area (Å²) in [7, 11) is 0. The molecule has 3 rings (SSSR count). The second kappa shape index (κ2) is 4.85. The number of aromatic nitrogens is 2. The normalized spacial score (nSPS) is 11.1. The molecule has 1 heterocycles. The van der Waals surface area contributed by atoms with E-state index in [0.29, 0.717) is 14.9 Å². The Balaban J connectivity index is 2.35. The summed E-state index contributed by atoms with van der Waals surface area (Å²) in [6.07, 6.45) is 0. The van der Waals surface area contributed by atoms with Crippen LogP contribution in [0.4, 0.5) is 4.39 Å². The summed E-state index contributed by atoms with van der Waals surface area (Å²) >= 11 is 11.9. The maximum atomic E-state index is 13.7. The quantitative estimate of drug-likeness (QED) is 0.545. The van der Waals surface area contributed by atoms with Crippen LogP contribution in [0.1, 0.15) is 0 Å². The molecule has 1 aromatic heterocycles. The van der Waals surface area contributed by atoms with Crippen LogP contribution in [-0.4, -0.2) is 9.55 Å². The van der Waals surface area contributed by atoms with Gasteiger partial charge in [-0.2, -0.15) is 0 Å². The molecular formula is C13H7Br2FN2S. The number of hydrogen-bond acceptors (Lipinski definition) is 1. The highest BCUT2D eigenvalue weighted by molar-refractivity contribution is 9.10. The number of aromatic amines is 1. The highest BCUT2D eigenvalue weighted by Gasteiger charge is 2.09. The molecular weight excluding hydrogens is 395 g/mol. The van der Waals surface area contributed by atoms with E-state index in [1.807, 2.05) is 28.8 Å². The average molecular weight is 402 g/mol. The standard InChI is InChI=1S/C13H7Br2FN2S/c14-7-1-4-11-12(5-7)18(13(19)17-11)8-2-3-9(15)10(16)6-8/h1-6H,(H,17,19). The molecule has 0 bridgehead atoms. The Kier molecular flexibility index (Phi) is 3.32. The van der Waals surface area contributed by atoms with Gasteiger partial charge in [0.2, 0.25) is 0 Å². The van der Waals surface area contributed by atoms with E-state index in [1.54, 1.807) is 6.07 Å². The zero-order chi connectivity index (χ0) is 13.6. The Morgan fingerprint density at radius 1 is 1.11 bits per heavy atom. The van der Waals surface area contributed by atoms with Gasteiger partial charge in [0.05, 0.1) is 21.2 Å². The molecule has 0 aliphatic heterocycles. The second-order valence-electron chi connectivity index (χ2n) is 4.03. The number of imidazole rings is 1. The molecule has 2 aromatic carbocycles. The van der Waals surface area contributed by atoms with Crippen molar-refractivity contribution in [2.45, 2.75) is 0 Å². The maximum absolute atomic E-state index is 13.7. The minimum absolute atomic E-state index is 0.316. The predicted molar refractivity (Wildman–Crippen MR) is 83.8 cm³/mol. The molecule has 0 fully saturated rings. The topological polar surface area (TPSA) is 20.7 Å². The van der Waals surface area contributed by atoms with Crippen LogP contribution in [0.3, 0.4) is 0 Å². The van der Waals surface area contributed by atoms with Crippen molar-refractivity contribution in [3.05, 3.63) is 55.9 Å². The van der Waals surface area contributed by atoms with Crippen molar-refractivity contribution in [2.75, 3.05) is 0 Å². The number of nitrogens with zero attached hydrogens (tertiary/aromatic N) is 1. The Labute approximate surface area is 130 Å². The molecule has 19 heavy (non-hydrogen) atoms. The van der Waals surface area contributed by atoms with E-state index < -0.39 is 0 Å². The van der Waals surface area contributed by atoms with Gasteiger partial charge < -0.3 is 4.98 Å². The molecule has 0 unspecified atom stereocenters. The maximum Gasteiger partial charge on any atom is 0.182 e. The lowest BCUT2D eigenvalue weighted by atomic mass is 10.3. The molecule has 2 nitrogen and oxygen atoms in total. The number of halogens is 3. The largest absolute Gasteiger partial charge is 0.330 e. The molecule has 0 aliphatic carbocycles. The van der Waals surface area contributed by atoms with Crippen LogP contribution < -0.4 is 0 Å². The molecule has 1 N–H and O–H groups in total. The van der Waals surface area contributed by atoms with Crippen LogP contribution in [0.25, 0.3) is 16.7 Å². The Morgan fingerprint density at radius 3 is 2.63 bits per heavy atom. The van der Waals surface area contributed by atoms with Crippen LogP contribution in [0.5, 0.6) is 0 Å². The van der Waals surface area contributed by atoms with Crippen LogP contribution in [0.2, 0.25) is 0 Å². The Bertz CT molecular complexity index is 838. The third kappa shape index (κ3) is 2.28. The molecule has 0 saturated carbocycles. The molecule has 0 atom stereocenters. The van der Waals surface area contributed by atoms with Crippen molar-refractivity contribution < 1.29 is 4.39 Å². The summed E-state index contributed by atoms with van der Waals surface area (Å²) in [5, 5.41) is 0. The van der Waals surface area contributed by atoms with E-state index in [-0.39, 0.29) is 5.82 Å². The predicted octanol–water partition coefficient (Wildman–Crippen LogP) is 5.35. The van der Waals surface area contributed by atoms with Crippen LogP contribution in [0.15, 0.2) is 45.3 Å². The number of nitrogens with one attached hydrogen (secondary N) is 1. The molecule has 0 spiro atoms. The fourth-order valence-corrected chi connectivity index (χ4v) is 2.87. The van der Waals surface area contributed by atoms with Crippen molar-refractivity contribution >= 4 is 55.1 Å². The van der Waals surface area contributed by atoms with Gasteiger partial charge in [-0.15, -0.1) is 0 Å². The fraction of sp³-hybridized carbons (Fsp3) is 0. The van der Waals surface area contributed by atoms with Gasteiger partial charge in [-0.1, -0.05) is 15.9 Å². The molecule has 6 heteroatoms. The third-order valence-electron chi connectivity index (χ3n) is 2.81. The lowest BCUT2D eigenvalue weighted by Gasteiger charge is -2.05. The number of hydrogen-bond donors (Lipinski definition) is 1. The zero-order valence-corrected chi connectivity index (χ0v) is 13.4. The molecule has 0 amide bonds. The first-order valence-electron chi connectivity index (χ1n) is 5.42. The highest BCUT2D eigenvalue weighted by atomic mass is 79.9. The summed E-state index contributed by atoms with van der Waals surface area (Å²) < 4.78 is 17.4. The van der Waals surface area contributed by atoms with E-state index >= 15 is 0 Å². The van der Waals surface area contributed by atoms with Crippen molar-refractivity contribution in [1.82, 2.24) is 9.55 Å². The first-order chi connectivity index (χ1) is 9.06. The smallest absolute Gasteiger partial charge is 0.182 e. The number of benzene rings is 2. The fourth-order valence-electron chi connectivity index (χ4n) is 1.96. The van der Waals surface area contributed by atoms with E-state index in [0.717, 1.165) is 15.5 Å². The number of fused-ring (bicyclic) bond motifs is 1. The molecule has 3 aromatic rings. The van der Waals surface area contributed by atoms with Gasteiger partial charge in [-0.05, 0) is 64.5 Å². The highest BCUT2D eigenvalue weighted by Crippen LogP contribution is 2.25. The van der Waals surface area contributed by atoms with Crippen molar-refractivity contribution in [3.8, 4) is 5.69 Å². The summed E-state index contributed by atoms with van der Waals surface area (Å²) in [6, 6.07) is 10.7. The minimum Gasteiger partial charge on any atom is -0.330 e. The van der Waals surface area contributed by atoms with Gasteiger partial charge >= 0.3 is 0 Å². The van der Waals surface area contributed by atoms with Gasteiger partial charge in [-0.3, -0.25) is 4.57 Å². The molecule has 0 aliphatic rings. The monoisotopic (exact) mass is 400 g/mol. The van der Waals surface area contributed by atoms with Crippen LogP contribution in [-0.2, 0) is 0 Å². The van der Waals surface area contributed by atoms with Crippen LogP contribution in [0, 0.1) is 10.6 Å². The minimum atomic E-state index is -0.316. The van der Waals surface area contributed by atoms with E-state index in [1.165, 1.54) is 6.07 Å². The second-order valence-corrected chi connectivity index (χ2v) is 6.18. The molecule has 0 saturated heterocycles. The van der Waals surface area contributed by atoms with Crippen molar-refractivity contribution in [3.63, 3.8) is 0 Å². The van der Waals surface area contributed by atoms with Gasteiger partial charge in [0.15, 0.2) is 4.77 Å². The third-order valence-corrected chi connectivity index (χ3v) is 4.23. The van der Waals surface area contributed by atoms with Crippen molar-refractivity contribution in [1.29, 1.82) is 0 Å².